The average Bonchev–Trinajstić information content (AvgIpc) is 2.33. The molecule has 1 aromatic heterocycles. The van der Waals surface area contributed by atoms with Gasteiger partial charge in [-0.3, -0.25) is 4.98 Å². The van der Waals surface area contributed by atoms with Gasteiger partial charge >= 0.3 is 0 Å². The number of pyridine rings is 1. The van der Waals surface area contributed by atoms with Gasteiger partial charge < -0.3 is 10.4 Å². The molecule has 0 aliphatic carbocycles. The van der Waals surface area contributed by atoms with Crippen LogP contribution in [0.5, 0.6) is 5.75 Å². The van der Waals surface area contributed by atoms with Crippen LogP contribution < -0.4 is 5.32 Å². The maximum absolute atomic E-state index is 13.1. The monoisotopic (exact) mass is 232 g/mol. The van der Waals surface area contributed by atoms with Crippen LogP contribution in [-0.4, -0.2) is 10.1 Å². The van der Waals surface area contributed by atoms with Crippen LogP contribution in [0.25, 0.3) is 0 Å². The van der Waals surface area contributed by atoms with Gasteiger partial charge in [-0.25, -0.2) is 4.39 Å². The summed E-state index contributed by atoms with van der Waals surface area (Å²) in [6.07, 6.45) is 1.78. The van der Waals surface area contributed by atoms with Crippen molar-refractivity contribution in [3.63, 3.8) is 0 Å². The van der Waals surface area contributed by atoms with Gasteiger partial charge in [0.2, 0.25) is 0 Å². The third kappa shape index (κ3) is 2.93. The number of nitrogens with one attached hydrogen (secondary N) is 1. The van der Waals surface area contributed by atoms with Crippen LogP contribution >= 0.6 is 0 Å². The Balaban J connectivity index is 2.02. The van der Waals surface area contributed by atoms with E-state index in [1.165, 1.54) is 12.1 Å². The SMILES string of the molecule is Cc1ccc(CNc2ccc(O)c(F)c2)cn1. The molecule has 0 aliphatic heterocycles. The fourth-order valence-electron chi connectivity index (χ4n) is 1.42. The Bertz CT molecular complexity index is 511. The molecule has 0 saturated heterocycles. The first kappa shape index (κ1) is 11.4. The molecule has 0 unspecified atom stereocenters. The van der Waals surface area contributed by atoms with E-state index in [-0.39, 0.29) is 5.75 Å². The number of phenols is 1. The van der Waals surface area contributed by atoms with Crippen molar-refractivity contribution in [1.29, 1.82) is 0 Å². The van der Waals surface area contributed by atoms with Crippen LogP contribution in [0.4, 0.5) is 10.1 Å². The Labute approximate surface area is 98.9 Å². The molecule has 0 fully saturated rings. The lowest BCUT2D eigenvalue weighted by Crippen LogP contribution is -2.00. The minimum atomic E-state index is -0.628. The third-order valence-corrected chi connectivity index (χ3v) is 2.42. The summed E-state index contributed by atoms with van der Waals surface area (Å²) < 4.78 is 13.1. The van der Waals surface area contributed by atoms with E-state index in [2.05, 4.69) is 10.3 Å². The van der Waals surface area contributed by atoms with Crippen LogP contribution in [0.1, 0.15) is 11.3 Å². The highest BCUT2D eigenvalue weighted by atomic mass is 19.1. The molecule has 0 radical (unpaired) electrons. The van der Waals surface area contributed by atoms with E-state index >= 15 is 0 Å². The predicted molar refractivity (Wildman–Crippen MR) is 64.4 cm³/mol. The molecule has 17 heavy (non-hydrogen) atoms. The second-order valence-electron chi connectivity index (χ2n) is 3.83. The molecule has 2 aromatic rings. The molecule has 88 valence electrons. The fraction of sp³-hybridized carbons (Fsp3) is 0.154. The number of aryl methyl sites for hydroxylation is 1. The topological polar surface area (TPSA) is 45.1 Å². The largest absolute Gasteiger partial charge is 0.505 e. The van der Waals surface area contributed by atoms with E-state index < -0.39 is 5.82 Å². The van der Waals surface area contributed by atoms with Gasteiger partial charge in [0.05, 0.1) is 0 Å². The predicted octanol–water partition coefficient (Wildman–Crippen LogP) is 2.85. The number of halogens is 1. The smallest absolute Gasteiger partial charge is 0.166 e. The Morgan fingerprint density at radius 2 is 2.12 bits per heavy atom. The number of hydrogen-bond donors (Lipinski definition) is 2. The van der Waals surface area contributed by atoms with Gasteiger partial charge in [0.25, 0.3) is 0 Å². The minimum Gasteiger partial charge on any atom is -0.505 e. The summed E-state index contributed by atoms with van der Waals surface area (Å²) in [5.74, 6) is -0.968. The van der Waals surface area contributed by atoms with Crippen molar-refractivity contribution >= 4 is 5.69 Å². The fourth-order valence-corrected chi connectivity index (χ4v) is 1.42. The molecule has 4 heteroatoms. The van der Waals surface area contributed by atoms with Gasteiger partial charge in [-0.1, -0.05) is 6.07 Å². The van der Waals surface area contributed by atoms with Crippen molar-refractivity contribution in [3.05, 3.63) is 53.6 Å². The number of nitrogens with zero attached hydrogens (tertiary/aromatic N) is 1. The standard InChI is InChI=1S/C13H13FN2O/c1-9-2-3-10(7-15-9)8-16-11-4-5-13(17)12(14)6-11/h2-7,16-17H,8H2,1H3. The normalized spacial score (nSPS) is 10.2. The molecule has 2 N–H and O–H groups in total. The zero-order chi connectivity index (χ0) is 12.3. The number of hydrogen-bond acceptors (Lipinski definition) is 3. The molecule has 0 aliphatic rings. The zero-order valence-electron chi connectivity index (χ0n) is 9.44. The van der Waals surface area contributed by atoms with E-state index in [4.69, 9.17) is 5.11 Å². The number of aromatic hydroxyl groups is 1. The van der Waals surface area contributed by atoms with E-state index in [1.54, 1.807) is 12.3 Å². The lowest BCUT2D eigenvalue weighted by molar-refractivity contribution is 0.432. The highest BCUT2D eigenvalue weighted by Crippen LogP contribution is 2.19. The van der Waals surface area contributed by atoms with Gasteiger partial charge in [-0.05, 0) is 30.7 Å². The third-order valence-electron chi connectivity index (χ3n) is 2.42. The molecule has 1 heterocycles. The van der Waals surface area contributed by atoms with E-state index in [9.17, 15) is 4.39 Å². The number of benzene rings is 1. The maximum Gasteiger partial charge on any atom is 0.166 e. The lowest BCUT2D eigenvalue weighted by atomic mass is 10.2. The van der Waals surface area contributed by atoms with E-state index in [0.29, 0.717) is 12.2 Å². The van der Waals surface area contributed by atoms with Gasteiger partial charge in [0, 0.05) is 30.2 Å². The zero-order valence-corrected chi connectivity index (χ0v) is 9.44. The first-order chi connectivity index (χ1) is 8.15. The lowest BCUT2D eigenvalue weighted by Gasteiger charge is -2.07. The number of aromatic nitrogens is 1. The van der Waals surface area contributed by atoms with Crippen LogP contribution in [0.15, 0.2) is 36.5 Å². The minimum absolute atomic E-state index is 0.340. The summed E-state index contributed by atoms with van der Waals surface area (Å²) >= 11 is 0. The van der Waals surface area contributed by atoms with Gasteiger partial charge in [0.15, 0.2) is 11.6 Å². The summed E-state index contributed by atoms with van der Waals surface area (Å²) in [4.78, 5) is 4.17. The Kier molecular flexibility index (Phi) is 3.23. The summed E-state index contributed by atoms with van der Waals surface area (Å²) in [6, 6.07) is 8.10. The number of anilines is 1. The van der Waals surface area contributed by atoms with Crippen molar-refractivity contribution < 1.29 is 9.50 Å². The second-order valence-corrected chi connectivity index (χ2v) is 3.83. The Hall–Kier alpha value is -2.10. The van der Waals surface area contributed by atoms with Crippen molar-refractivity contribution in [2.45, 2.75) is 13.5 Å². The molecule has 0 saturated carbocycles. The number of phenolic OH excluding ortho intramolecular Hbond substituents is 1. The average molecular weight is 232 g/mol. The molecule has 0 atom stereocenters. The van der Waals surface area contributed by atoms with Crippen LogP contribution in [0, 0.1) is 12.7 Å². The molecule has 0 bridgehead atoms. The molecule has 2 rings (SSSR count). The molecule has 0 spiro atoms. The van der Waals surface area contributed by atoms with E-state index in [1.807, 2.05) is 19.1 Å². The summed E-state index contributed by atoms with van der Waals surface area (Å²) in [5.41, 5.74) is 2.61. The van der Waals surface area contributed by atoms with Gasteiger partial charge in [0.1, 0.15) is 0 Å². The first-order valence-electron chi connectivity index (χ1n) is 5.29. The van der Waals surface area contributed by atoms with Crippen LogP contribution in [0.2, 0.25) is 0 Å². The molecule has 1 aromatic carbocycles. The Morgan fingerprint density at radius 1 is 1.29 bits per heavy atom. The maximum atomic E-state index is 13.1. The summed E-state index contributed by atoms with van der Waals surface area (Å²) in [5, 5.41) is 12.1. The molecular weight excluding hydrogens is 219 g/mol. The highest BCUT2D eigenvalue weighted by molar-refractivity contribution is 5.47. The van der Waals surface area contributed by atoms with Crippen molar-refractivity contribution in [1.82, 2.24) is 4.98 Å². The van der Waals surface area contributed by atoms with Crippen LogP contribution in [-0.2, 0) is 6.54 Å². The first-order valence-corrected chi connectivity index (χ1v) is 5.29. The van der Waals surface area contributed by atoms with Gasteiger partial charge in [-0.15, -0.1) is 0 Å². The summed E-state index contributed by atoms with van der Waals surface area (Å²) in [6.45, 7) is 2.49. The Morgan fingerprint density at radius 3 is 2.76 bits per heavy atom. The summed E-state index contributed by atoms with van der Waals surface area (Å²) in [7, 11) is 0. The van der Waals surface area contributed by atoms with Crippen molar-refractivity contribution in [2.75, 3.05) is 5.32 Å². The molecule has 0 amide bonds. The number of rotatable bonds is 3. The molecule has 3 nitrogen and oxygen atoms in total. The van der Waals surface area contributed by atoms with Crippen molar-refractivity contribution in [3.8, 4) is 5.75 Å². The van der Waals surface area contributed by atoms with Crippen LogP contribution in [0.3, 0.4) is 0 Å². The van der Waals surface area contributed by atoms with Gasteiger partial charge in [-0.2, -0.15) is 0 Å². The molecular formula is C13H13FN2O. The highest BCUT2D eigenvalue weighted by Gasteiger charge is 2.01. The second kappa shape index (κ2) is 4.82. The van der Waals surface area contributed by atoms with E-state index in [0.717, 1.165) is 11.3 Å². The van der Waals surface area contributed by atoms with Crippen molar-refractivity contribution in [2.24, 2.45) is 0 Å². The quantitative estimate of drug-likeness (QED) is 0.800.